The molecule has 0 amide bonds. The Bertz CT molecular complexity index is 840. The maximum Gasteiger partial charge on any atom is 0.134 e. The molecule has 3 heteroatoms. The average Bonchev–Trinajstić information content (AvgIpc) is 2.93. The van der Waals surface area contributed by atoms with Crippen molar-refractivity contribution < 1.29 is 0 Å². The van der Waals surface area contributed by atoms with E-state index in [0.29, 0.717) is 0 Å². The number of hydrogen-bond donors (Lipinski definition) is 1. The predicted molar refractivity (Wildman–Crippen MR) is 92.1 cm³/mol. The Morgan fingerprint density at radius 1 is 1.14 bits per heavy atom. The molecule has 2 aromatic carbocycles. The van der Waals surface area contributed by atoms with Crippen molar-refractivity contribution >= 4 is 22.4 Å². The molecule has 0 aliphatic carbocycles. The lowest BCUT2D eigenvalue weighted by molar-refractivity contribution is 0.827. The molecule has 4 rings (SSSR count). The van der Waals surface area contributed by atoms with E-state index >= 15 is 0 Å². The van der Waals surface area contributed by atoms with Crippen molar-refractivity contribution in [3.63, 3.8) is 0 Å². The zero-order valence-electron chi connectivity index (χ0n) is 12.7. The Morgan fingerprint density at radius 3 is 2.77 bits per heavy atom. The van der Waals surface area contributed by atoms with Crippen LogP contribution in [0.5, 0.6) is 0 Å². The molecule has 1 aliphatic rings. The summed E-state index contributed by atoms with van der Waals surface area (Å²) in [6.07, 6.45) is 0.977. The van der Waals surface area contributed by atoms with Crippen LogP contribution in [0.3, 0.4) is 0 Å². The van der Waals surface area contributed by atoms with Gasteiger partial charge in [-0.15, -0.1) is 0 Å². The van der Waals surface area contributed by atoms with Crippen LogP contribution in [0, 0.1) is 6.92 Å². The second kappa shape index (κ2) is 5.02. The minimum absolute atomic E-state index is 0.887. The standard InChI is InChI=1S/C19H19N3/c1-13-7-8-17-16(11-13)18(20)15-9-10-22(19(15)21-17)12-14-5-3-2-4-6-14/h2-8,11H,9-10,12H2,1H3,(H2,20,21). The van der Waals surface area contributed by atoms with Crippen LogP contribution in [-0.2, 0) is 13.0 Å². The molecule has 1 aromatic heterocycles. The van der Waals surface area contributed by atoms with E-state index in [0.717, 1.165) is 41.9 Å². The number of aromatic nitrogens is 1. The van der Waals surface area contributed by atoms with Crippen LogP contribution in [0.15, 0.2) is 48.5 Å². The largest absolute Gasteiger partial charge is 0.398 e. The normalized spacial score (nSPS) is 13.6. The molecule has 0 unspecified atom stereocenters. The lowest BCUT2D eigenvalue weighted by Gasteiger charge is -2.19. The summed E-state index contributed by atoms with van der Waals surface area (Å²) in [7, 11) is 0. The van der Waals surface area contributed by atoms with Gasteiger partial charge in [0.25, 0.3) is 0 Å². The highest BCUT2D eigenvalue weighted by molar-refractivity contribution is 5.95. The number of fused-ring (bicyclic) bond motifs is 2. The maximum absolute atomic E-state index is 6.43. The molecule has 3 nitrogen and oxygen atoms in total. The number of benzene rings is 2. The van der Waals surface area contributed by atoms with Crippen LogP contribution in [0.25, 0.3) is 10.9 Å². The Kier molecular flexibility index (Phi) is 3.00. The summed E-state index contributed by atoms with van der Waals surface area (Å²) in [5, 5.41) is 1.08. The number of pyridine rings is 1. The summed E-state index contributed by atoms with van der Waals surface area (Å²) in [5.74, 6) is 1.05. The summed E-state index contributed by atoms with van der Waals surface area (Å²) >= 11 is 0. The lowest BCUT2D eigenvalue weighted by Crippen LogP contribution is -2.20. The van der Waals surface area contributed by atoms with E-state index < -0.39 is 0 Å². The van der Waals surface area contributed by atoms with E-state index in [1.54, 1.807) is 0 Å². The van der Waals surface area contributed by atoms with Crippen molar-refractivity contribution in [2.45, 2.75) is 19.9 Å². The minimum atomic E-state index is 0.887. The highest BCUT2D eigenvalue weighted by atomic mass is 15.2. The number of nitrogens with zero attached hydrogens (tertiary/aromatic N) is 2. The smallest absolute Gasteiger partial charge is 0.134 e. The van der Waals surface area contributed by atoms with Gasteiger partial charge < -0.3 is 10.6 Å². The van der Waals surface area contributed by atoms with E-state index in [-0.39, 0.29) is 0 Å². The third kappa shape index (κ3) is 2.10. The third-order valence-electron chi connectivity index (χ3n) is 4.41. The molecular weight excluding hydrogens is 270 g/mol. The van der Waals surface area contributed by atoms with Crippen LogP contribution in [0.1, 0.15) is 16.7 Å². The van der Waals surface area contributed by atoms with Gasteiger partial charge >= 0.3 is 0 Å². The molecule has 0 saturated heterocycles. The van der Waals surface area contributed by atoms with Crippen LogP contribution in [0.2, 0.25) is 0 Å². The SMILES string of the molecule is Cc1ccc2nc3c(c(N)c2c1)CCN3Cc1ccccc1. The minimum Gasteiger partial charge on any atom is -0.398 e. The van der Waals surface area contributed by atoms with Crippen molar-refractivity contribution in [2.75, 3.05) is 17.2 Å². The second-order valence-corrected chi connectivity index (χ2v) is 6.01. The van der Waals surface area contributed by atoms with Gasteiger partial charge in [0.05, 0.1) is 5.52 Å². The molecule has 110 valence electrons. The second-order valence-electron chi connectivity index (χ2n) is 6.01. The summed E-state index contributed by atoms with van der Waals surface area (Å²) in [5.41, 5.74) is 12.0. The van der Waals surface area contributed by atoms with E-state index in [1.807, 2.05) is 6.07 Å². The van der Waals surface area contributed by atoms with Crippen molar-refractivity contribution in [1.82, 2.24) is 4.98 Å². The number of nitrogen functional groups attached to an aromatic ring is 1. The maximum atomic E-state index is 6.43. The van der Waals surface area contributed by atoms with Gasteiger partial charge in [-0.1, -0.05) is 42.0 Å². The highest BCUT2D eigenvalue weighted by Crippen LogP contribution is 2.36. The molecule has 0 spiro atoms. The molecule has 0 radical (unpaired) electrons. The van der Waals surface area contributed by atoms with Gasteiger partial charge in [0.2, 0.25) is 0 Å². The number of aryl methyl sites for hydroxylation is 1. The molecule has 3 aromatic rings. The predicted octanol–water partition coefficient (Wildman–Crippen LogP) is 3.69. The molecule has 0 fully saturated rings. The molecular formula is C19H19N3. The summed E-state index contributed by atoms with van der Waals surface area (Å²) in [6, 6.07) is 16.8. The Hall–Kier alpha value is -2.55. The average molecular weight is 289 g/mol. The zero-order valence-corrected chi connectivity index (χ0v) is 12.7. The first-order valence-electron chi connectivity index (χ1n) is 7.70. The van der Waals surface area contributed by atoms with Crippen molar-refractivity contribution in [2.24, 2.45) is 0 Å². The van der Waals surface area contributed by atoms with Gasteiger partial charge in [-0.3, -0.25) is 0 Å². The fourth-order valence-electron chi connectivity index (χ4n) is 3.25. The quantitative estimate of drug-likeness (QED) is 0.782. The van der Waals surface area contributed by atoms with Gasteiger partial charge in [-0.05, 0) is 31.0 Å². The topological polar surface area (TPSA) is 42.1 Å². The van der Waals surface area contributed by atoms with Crippen LogP contribution < -0.4 is 10.6 Å². The first kappa shape index (κ1) is 13.1. The van der Waals surface area contributed by atoms with Gasteiger partial charge in [0.1, 0.15) is 5.82 Å². The van der Waals surface area contributed by atoms with Gasteiger partial charge in [0, 0.05) is 29.7 Å². The Labute approximate surface area is 130 Å². The number of hydrogen-bond acceptors (Lipinski definition) is 3. The molecule has 1 aliphatic heterocycles. The fraction of sp³-hybridized carbons (Fsp3) is 0.211. The van der Waals surface area contributed by atoms with E-state index in [9.17, 15) is 0 Å². The number of nitrogens with two attached hydrogens (primary N) is 1. The molecule has 22 heavy (non-hydrogen) atoms. The van der Waals surface area contributed by atoms with Crippen molar-refractivity contribution in [3.05, 3.63) is 65.2 Å². The van der Waals surface area contributed by atoms with Crippen LogP contribution >= 0.6 is 0 Å². The van der Waals surface area contributed by atoms with Crippen LogP contribution in [-0.4, -0.2) is 11.5 Å². The lowest BCUT2D eigenvalue weighted by atomic mass is 10.1. The number of rotatable bonds is 2. The first-order valence-corrected chi connectivity index (χ1v) is 7.70. The summed E-state index contributed by atoms with van der Waals surface area (Å²) < 4.78 is 0. The third-order valence-corrected chi connectivity index (χ3v) is 4.41. The fourth-order valence-corrected chi connectivity index (χ4v) is 3.25. The van der Waals surface area contributed by atoms with Crippen molar-refractivity contribution in [3.8, 4) is 0 Å². The van der Waals surface area contributed by atoms with Crippen molar-refractivity contribution in [1.29, 1.82) is 0 Å². The summed E-state index contributed by atoms with van der Waals surface area (Å²) in [6.45, 7) is 3.96. The van der Waals surface area contributed by atoms with Gasteiger partial charge in [-0.25, -0.2) is 4.98 Å². The molecule has 0 atom stereocenters. The van der Waals surface area contributed by atoms with E-state index in [4.69, 9.17) is 10.7 Å². The molecule has 0 bridgehead atoms. The monoisotopic (exact) mass is 289 g/mol. The zero-order chi connectivity index (χ0) is 15.1. The Morgan fingerprint density at radius 2 is 1.95 bits per heavy atom. The van der Waals surface area contributed by atoms with Gasteiger partial charge in [-0.2, -0.15) is 0 Å². The van der Waals surface area contributed by atoms with E-state index in [1.165, 1.54) is 16.7 Å². The highest BCUT2D eigenvalue weighted by Gasteiger charge is 2.24. The summed E-state index contributed by atoms with van der Waals surface area (Å²) in [4.78, 5) is 7.21. The number of anilines is 2. The Balaban J connectivity index is 1.78. The first-order chi connectivity index (χ1) is 10.7. The molecule has 2 heterocycles. The van der Waals surface area contributed by atoms with E-state index in [2.05, 4.69) is 54.3 Å². The van der Waals surface area contributed by atoms with Gasteiger partial charge in [0.15, 0.2) is 0 Å². The molecule has 2 N–H and O–H groups in total. The molecule has 0 saturated carbocycles. The van der Waals surface area contributed by atoms with Crippen LogP contribution in [0.4, 0.5) is 11.5 Å².